The van der Waals surface area contributed by atoms with Gasteiger partial charge in [-0.25, -0.2) is 4.98 Å². The number of hydrogen-bond acceptors (Lipinski definition) is 5. The largest absolute Gasteiger partial charge is 0.354 e. The number of pyridine rings is 1. The molecule has 0 radical (unpaired) electrons. The third kappa shape index (κ3) is 5.17. The van der Waals surface area contributed by atoms with E-state index in [1.165, 1.54) is 19.3 Å². The first-order valence-corrected chi connectivity index (χ1v) is 9.87. The van der Waals surface area contributed by atoms with Crippen LogP contribution in [0.2, 0.25) is 0 Å². The molecule has 3 heterocycles. The molecule has 3 rings (SSSR count). The fourth-order valence-corrected chi connectivity index (χ4v) is 3.86. The standard InChI is InChI=1S/C20H33N5O/c1-20(2,16-24-9-5-4-6-10-24)22-19(26)17-7-8-21-18(15-17)25-13-11-23(3)12-14-25/h7-8,15H,4-6,9-14,16H2,1-3H3,(H,22,26). The number of nitrogens with one attached hydrogen (secondary N) is 1. The fourth-order valence-electron chi connectivity index (χ4n) is 3.86. The van der Waals surface area contributed by atoms with Crippen molar-refractivity contribution in [3.63, 3.8) is 0 Å². The number of anilines is 1. The van der Waals surface area contributed by atoms with Crippen LogP contribution in [0.25, 0.3) is 0 Å². The monoisotopic (exact) mass is 359 g/mol. The Labute approximate surface area is 157 Å². The summed E-state index contributed by atoms with van der Waals surface area (Å²) in [7, 11) is 2.14. The van der Waals surface area contributed by atoms with E-state index in [-0.39, 0.29) is 11.4 Å². The molecule has 0 bridgehead atoms. The van der Waals surface area contributed by atoms with Crippen LogP contribution in [0.3, 0.4) is 0 Å². The fraction of sp³-hybridized carbons (Fsp3) is 0.700. The van der Waals surface area contributed by atoms with Gasteiger partial charge >= 0.3 is 0 Å². The van der Waals surface area contributed by atoms with Crippen LogP contribution in [0.15, 0.2) is 18.3 Å². The van der Waals surface area contributed by atoms with Gasteiger partial charge < -0.3 is 20.0 Å². The van der Waals surface area contributed by atoms with Crippen LogP contribution in [-0.4, -0.2) is 79.1 Å². The summed E-state index contributed by atoms with van der Waals surface area (Å²) in [6.45, 7) is 11.4. The zero-order valence-electron chi connectivity index (χ0n) is 16.5. The van der Waals surface area contributed by atoms with Gasteiger partial charge in [0, 0.05) is 50.0 Å². The van der Waals surface area contributed by atoms with Crippen LogP contribution < -0.4 is 10.2 Å². The van der Waals surface area contributed by atoms with Crippen LogP contribution in [0.1, 0.15) is 43.5 Å². The predicted molar refractivity (Wildman–Crippen MR) is 106 cm³/mol. The molecule has 0 saturated carbocycles. The molecule has 0 aromatic carbocycles. The lowest BCUT2D eigenvalue weighted by Gasteiger charge is -2.35. The Morgan fingerprint density at radius 2 is 1.81 bits per heavy atom. The molecule has 1 N–H and O–H groups in total. The maximum Gasteiger partial charge on any atom is 0.251 e. The summed E-state index contributed by atoms with van der Waals surface area (Å²) in [5.74, 6) is 0.893. The number of carbonyl (C=O) groups is 1. The van der Waals surface area contributed by atoms with Crippen LogP contribution in [0.5, 0.6) is 0 Å². The van der Waals surface area contributed by atoms with Crippen LogP contribution in [0.4, 0.5) is 5.82 Å². The molecule has 0 atom stereocenters. The molecule has 0 aliphatic carbocycles. The minimum atomic E-state index is -0.244. The van der Waals surface area contributed by atoms with Gasteiger partial charge in [-0.3, -0.25) is 4.79 Å². The molecule has 1 amide bonds. The zero-order valence-corrected chi connectivity index (χ0v) is 16.5. The van der Waals surface area contributed by atoms with Crippen molar-refractivity contribution in [3.8, 4) is 0 Å². The summed E-state index contributed by atoms with van der Waals surface area (Å²) in [5, 5.41) is 3.22. The summed E-state index contributed by atoms with van der Waals surface area (Å²) in [5.41, 5.74) is 0.451. The Bertz CT molecular complexity index is 604. The van der Waals surface area contributed by atoms with E-state index in [9.17, 15) is 4.79 Å². The van der Waals surface area contributed by atoms with Crippen molar-refractivity contribution in [2.75, 3.05) is 57.8 Å². The lowest BCUT2D eigenvalue weighted by Crippen LogP contribution is -2.52. The zero-order chi connectivity index (χ0) is 18.6. The lowest BCUT2D eigenvalue weighted by molar-refractivity contribution is 0.0878. The molecule has 0 unspecified atom stereocenters. The van der Waals surface area contributed by atoms with Gasteiger partial charge in [-0.2, -0.15) is 0 Å². The van der Waals surface area contributed by atoms with Gasteiger partial charge in [0.15, 0.2) is 0 Å². The smallest absolute Gasteiger partial charge is 0.251 e. The third-order valence-corrected chi connectivity index (χ3v) is 5.35. The first-order chi connectivity index (χ1) is 12.4. The number of carbonyl (C=O) groups excluding carboxylic acids is 1. The van der Waals surface area contributed by atoms with Gasteiger partial charge in [0.2, 0.25) is 0 Å². The molecule has 1 aromatic heterocycles. The highest BCUT2D eigenvalue weighted by Gasteiger charge is 2.26. The Hall–Kier alpha value is -1.66. The van der Waals surface area contributed by atoms with Gasteiger partial charge in [-0.05, 0) is 59.0 Å². The highest BCUT2D eigenvalue weighted by Crippen LogP contribution is 2.17. The molecule has 2 fully saturated rings. The Kier molecular flexibility index (Phi) is 6.14. The summed E-state index contributed by atoms with van der Waals surface area (Å²) in [4.78, 5) is 24.3. The molecule has 144 valence electrons. The number of aromatic nitrogens is 1. The van der Waals surface area contributed by atoms with E-state index in [4.69, 9.17) is 0 Å². The molecular weight excluding hydrogens is 326 g/mol. The number of likely N-dealkylation sites (N-methyl/N-ethyl adjacent to an activating group) is 1. The minimum absolute atomic E-state index is 0.00946. The second-order valence-corrected chi connectivity index (χ2v) is 8.37. The van der Waals surface area contributed by atoms with E-state index >= 15 is 0 Å². The number of hydrogen-bond donors (Lipinski definition) is 1. The van der Waals surface area contributed by atoms with Crippen molar-refractivity contribution in [2.45, 2.75) is 38.6 Å². The van der Waals surface area contributed by atoms with Gasteiger partial charge in [-0.15, -0.1) is 0 Å². The molecule has 6 heteroatoms. The first kappa shape index (κ1) is 19.1. The summed E-state index contributed by atoms with van der Waals surface area (Å²) in [6.07, 6.45) is 5.61. The van der Waals surface area contributed by atoms with Crippen LogP contribution >= 0.6 is 0 Å². The van der Waals surface area contributed by atoms with Crippen molar-refractivity contribution < 1.29 is 4.79 Å². The molecule has 1 aromatic rings. The number of piperazine rings is 1. The van der Waals surface area contributed by atoms with E-state index < -0.39 is 0 Å². The van der Waals surface area contributed by atoms with Gasteiger partial charge in [0.1, 0.15) is 5.82 Å². The summed E-state index contributed by atoms with van der Waals surface area (Å²) in [6, 6.07) is 3.74. The maximum atomic E-state index is 12.8. The number of nitrogens with zero attached hydrogens (tertiary/aromatic N) is 4. The van der Waals surface area contributed by atoms with Gasteiger partial charge in [-0.1, -0.05) is 6.42 Å². The molecule has 6 nitrogen and oxygen atoms in total. The maximum absolute atomic E-state index is 12.8. The Balaban J connectivity index is 1.61. The third-order valence-electron chi connectivity index (χ3n) is 5.35. The highest BCUT2D eigenvalue weighted by molar-refractivity contribution is 5.95. The highest BCUT2D eigenvalue weighted by atomic mass is 16.1. The molecule has 2 saturated heterocycles. The van der Waals surface area contributed by atoms with Crippen molar-refractivity contribution in [1.29, 1.82) is 0 Å². The normalized spacial score (nSPS) is 20.2. The van der Waals surface area contributed by atoms with E-state index in [1.807, 2.05) is 12.1 Å². The predicted octanol–water partition coefficient (Wildman–Crippen LogP) is 1.83. The van der Waals surface area contributed by atoms with Gasteiger partial charge in [0.05, 0.1) is 0 Å². The van der Waals surface area contributed by atoms with E-state index in [1.54, 1.807) is 6.20 Å². The second kappa shape index (κ2) is 8.35. The van der Waals surface area contributed by atoms with E-state index in [2.05, 4.69) is 45.9 Å². The quantitative estimate of drug-likeness (QED) is 0.869. The summed E-state index contributed by atoms with van der Waals surface area (Å²) < 4.78 is 0. The Morgan fingerprint density at radius 3 is 2.50 bits per heavy atom. The van der Waals surface area contributed by atoms with E-state index in [0.29, 0.717) is 5.56 Å². The van der Waals surface area contributed by atoms with Crippen LogP contribution in [-0.2, 0) is 0 Å². The SMILES string of the molecule is CN1CCN(c2cc(C(=O)NC(C)(C)CN3CCCCC3)ccn2)CC1. The number of likely N-dealkylation sites (tertiary alicyclic amines) is 1. The number of amides is 1. The number of piperidine rings is 1. The van der Waals surface area contributed by atoms with E-state index in [0.717, 1.165) is 51.6 Å². The summed E-state index contributed by atoms with van der Waals surface area (Å²) >= 11 is 0. The molecule has 2 aliphatic heterocycles. The molecule has 0 spiro atoms. The van der Waals surface area contributed by atoms with Crippen molar-refractivity contribution in [1.82, 2.24) is 20.1 Å². The van der Waals surface area contributed by atoms with Crippen molar-refractivity contribution >= 4 is 11.7 Å². The topological polar surface area (TPSA) is 51.7 Å². The first-order valence-electron chi connectivity index (χ1n) is 9.87. The van der Waals surface area contributed by atoms with Crippen LogP contribution in [0, 0.1) is 0 Å². The second-order valence-electron chi connectivity index (χ2n) is 8.37. The van der Waals surface area contributed by atoms with Crippen molar-refractivity contribution in [2.24, 2.45) is 0 Å². The Morgan fingerprint density at radius 1 is 1.12 bits per heavy atom. The average molecular weight is 360 g/mol. The molecule has 2 aliphatic rings. The molecule has 26 heavy (non-hydrogen) atoms. The number of rotatable bonds is 5. The van der Waals surface area contributed by atoms with Gasteiger partial charge in [0.25, 0.3) is 5.91 Å². The lowest BCUT2D eigenvalue weighted by atomic mass is 10.0. The minimum Gasteiger partial charge on any atom is -0.354 e. The average Bonchev–Trinajstić information content (AvgIpc) is 2.62. The van der Waals surface area contributed by atoms with Crippen molar-refractivity contribution in [3.05, 3.63) is 23.9 Å². The molecular formula is C20H33N5O.